The van der Waals surface area contributed by atoms with Gasteiger partial charge in [0.25, 0.3) is 5.24 Å². The summed E-state index contributed by atoms with van der Waals surface area (Å²) in [6.45, 7) is 0. The summed E-state index contributed by atoms with van der Waals surface area (Å²) < 4.78 is 0. The van der Waals surface area contributed by atoms with Crippen LogP contribution in [0.2, 0.25) is 0 Å². The Morgan fingerprint density at radius 1 is 1.43 bits per heavy atom. The molecular formula is C10H6ClNO2. The molecule has 0 aliphatic heterocycles. The zero-order valence-electron chi connectivity index (χ0n) is 7.07. The van der Waals surface area contributed by atoms with Crippen molar-refractivity contribution in [2.24, 2.45) is 0 Å². The van der Waals surface area contributed by atoms with Crippen LogP contribution in [0.15, 0.2) is 30.5 Å². The van der Waals surface area contributed by atoms with E-state index in [4.69, 9.17) is 11.6 Å². The van der Waals surface area contributed by atoms with Crippen molar-refractivity contribution in [2.75, 3.05) is 0 Å². The molecule has 14 heavy (non-hydrogen) atoms. The third-order valence-electron chi connectivity index (χ3n) is 1.92. The standard InChI is InChI=1S/C10H6ClNO2/c11-10(14)7-2-1-3-9-8(7)4-6(13)5-12-9/h1-5,13H. The molecule has 0 fully saturated rings. The van der Waals surface area contributed by atoms with Crippen LogP contribution in [-0.2, 0) is 0 Å². The van der Waals surface area contributed by atoms with Crippen LogP contribution in [0.25, 0.3) is 10.9 Å². The van der Waals surface area contributed by atoms with Gasteiger partial charge in [0.1, 0.15) is 5.75 Å². The van der Waals surface area contributed by atoms with Gasteiger partial charge in [-0.2, -0.15) is 0 Å². The quantitative estimate of drug-likeness (QED) is 0.731. The van der Waals surface area contributed by atoms with Gasteiger partial charge in [-0.15, -0.1) is 0 Å². The van der Waals surface area contributed by atoms with Crippen LogP contribution < -0.4 is 0 Å². The molecule has 0 saturated carbocycles. The molecule has 0 aliphatic carbocycles. The molecule has 1 heterocycles. The van der Waals surface area contributed by atoms with E-state index >= 15 is 0 Å². The molecule has 3 nitrogen and oxygen atoms in total. The summed E-state index contributed by atoms with van der Waals surface area (Å²) in [5, 5.41) is 9.23. The summed E-state index contributed by atoms with van der Waals surface area (Å²) in [6.07, 6.45) is 1.32. The average molecular weight is 208 g/mol. The van der Waals surface area contributed by atoms with E-state index in [1.54, 1.807) is 18.2 Å². The molecule has 2 rings (SSSR count). The first-order chi connectivity index (χ1) is 6.68. The fraction of sp³-hybridized carbons (Fsp3) is 0. The maximum Gasteiger partial charge on any atom is 0.253 e. The summed E-state index contributed by atoms with van der Waals surface area (Å²) in [6, 6.07) is 6.51. The molecule has 1 aromatic heterocycles. The van der Waals surface area contributed by atoms with Crippen molar-refractivity contribution in [3.63, 3.8) is 0 Å². The molecule has 0 spiro atoms. The van der Waals surface area contributed by atoms with Crippen molar-refractivity contribution in [1.29, 1.82) is 0 Å². The molecule has 1 aromatic carbocycles. The van der Waals surface area contributed by atoms with Gasteiger partial charge in [0.15, 0.2) is 0 Å². The van der Waals surface area contributed by atoms with Gasteiger partial charge >= 0.3 is 0 Å². The van der Waals surface area contributed by atoms with Crippen molar-refractivity contribution < 1.29 is 9.90 Å². The summed E-state index contributed by atoms with van der Waals surface area (Å²) in [5.74, 6) is 0.0165. The van der Waals surface area contributed by atoms with Crippen LogP contribution in [0.4, 0.5) is 0 Å². The minimum Gasteiger partial charge on any atom is -0.506 e. The second-order valence-corrected chi connectivity index (χ2v) is 3.18. The number of carbonyl (C=O) groups excluding carboxylic acids is 1. The fourth-order valence-electron chi connectivity index (χ4n) is 1.31. The van der Waals surface area contributed by atoms with Crippen LogP contribution in [0.3, 0.4) is 0 Å². The Morgan fingerprint density at radius 3 is 2.93 bits per heavy atom. The molecular weight excluding hydrogens is 202 g/mol. The number of rotatable bonds is 1. The van der Waals surface area contributed by atoms with Crippen molar-refractivity contribution in [2.45, 2.75) is 0 Å². The van der Waals surface area contributed by atoms with Crippen LogP contribution in [-0.4, -0.2) is 15.3 Å². The van der Waals surface area contributed by atoms with E-state index < -0.39 is 5.24 Å². The zero-order chi connectivity index (χ0) is 10.1. The van der Waals surface area contributed by atoms with Crippen LogP contribution >= 0.6 is 11.6 Å². The summed E-state index contributed by atoms with van der Waals surface area (Å²) in [5.41, 5.74) is 0.988. The number of hydrogen-bond donors (Lipinski definition) is 1. The van der Waals surface area contributed by atoms with E-state index in [0.29, 0.717) is 16.5 Å². The number of nitrogens with zero attached hydrogens (tertiary/aromatic N) is 1. The summed E-state index contributed by atoms with van der Waals surface area (Å²) in [7, 11) is 0. The molecule has 70 valence electrons. The SMILES string of the molecule is O=C(Cl)c1cccc2ncc(O)cc12. The highest BCUT2D eigenvalue weighted by molar-refractivity contribution is 6.68. The first-order valence-electron chi connectivity index (χ1n) is 3.96. The minimum atomic E-state index is -0.553. The van der Waals surface area contributed by atoms with E-state index in [1.165, 1.54) is 12.3 Å². The molecule has 0 unspecified atom stereocenters. The predicted octanol–water partition coefficient (Wildman–Crippen LogP) is 2.32. The van der Waals surface area contributed by atoms with E-state index in [9.17, 15) is 9.90 Å². The smallest absolute Gasteiger partial charge is 0.253 e. The number of hydrogen-bond acceptors (Lipinski definition) is 3. The Balaban J connectivity index is 2.84. The number of halogens is 1. The van der Waals surface area contributed by atoms with E-state index in [1.807, 2.05) is 0 Å². The van der Waals surface area contributed by atoms with Crippen LogP contribution in [0.1, 0.15) is 10.4 Å². The molecule has 2 aromatic rings. The van der Waals surface area contributed by atoms with Crippen molar-refractivity contribution >= 4 is 27.7 Å². The van der Waals surface area contributed by atoms with Crippen LogP contribution in [0, 0.1) is 0 Å². The maximum absolute atomic E-state index is 11.0. The second-order valence-electron chi connectivity index (χ2n) is 2.84. The van der Waals surface area contributed by atoms with E-state index in [-0.39, 0.29) is 5.75 Å². The molecule has 0 radical (unpaired) electrons. The lowest BCUT2D eigenvalue weighted by Gasteiger charge is -2.01. The second kappa shape index (κ2) is 3.27. The van der Waals surface area contributed by atoms with Gasteiger partial charge < -0.3 is 5.11 Å². The highest BCUT2D eigenvalue weighted by Gasteiger charge is 2.07. The monoisotopic (exact) mass is 207 g/mol. The topological polar surface area (TPSA) is 50.2 Å². The molecule has 0 saturated heterocycles. The Bertz CT molecular complexity index is 510. The number of carbonyl (C=O) groups is 1. The van der Waals surface area contributed by atoms with Gasteiger partial charge in [0.05, 0.1) is 11.7 Å². The highest BCUT2D eigenvalue weighted by atomic mass is 35.5. The summed E-state index contributed by atoms with van der Waals surface area (Å²) >= 11 is 5.39. The molecule has 1 N–H and O–H groups in total. The lowest BCUT2D eigenvalue weighted by atomic mass is 10.1. The fourth-order valence-corrected chi connectivity index (χ4v) is 1.47. The van der Waals surface area contributed by atoms with Gasteiger partial charge in [-0.1, -0.05) is 6.07 Å². The van der Waals surface area contributed by atoms with Crippen molar-refractivity contribution in [3.05, 3.63) is 36.0 Å². The van der Waals surface area contributed by atoms with E-state index in [2.05, 4.69) is 4.98 Å². The molecule has 0 bridgehead atoms. The third-order valence-corrected chi connectivity index (χ3v) is 2.13. The van der Waals surface area contributed by atoms with Gasteiger partial charge in [-0.3, -0.25) is 9.78 Å². The molecule has 0 atom stereocenters. The molecule has 0 amide bonds. The Morgan fingerprint density at radius 2 is 2.21 bits per heavy atom. The lowest BCUT2D eigenvalue weighted by molar-refractivity contribution is 0.108. The molecule has 4 heteroatoms. The minimum absolute atomic E-state index is 0.0165. The maximum atomic E-state index is 11.0. The first kappa shape index (κ1) is 8.97. The summed E-state index contributed by atoms with van der Waals surface area (Å²) in [4.78, 5) is 15.0. The van der Waals surface area contributed by atoms with Crippen molar-refractivity contribution in [3.8, 4) is 5.75 Å². The predicted molar refractivity (Wildman–Crippen MR) is 53.6 cm³/mol. The first-order valence-corrected chi connectivity index (χ1v) is 4.34. The number of aromatic hydroxyl groups is 1. The average Bonchev–Trinajstić information content (AvgIpc) is 2.16. The van der Waals surface area contributed by atoms with Gasteiger partial charge in [0.2, 0.25) is 0 Å². The number of pyridine rings is 1. The van der Waals surface area contributed by atoms with E-state index in [0.717, 1.165) is 0 Å². The number of aromatic nitrogens is 1. The van der Waals surface area contributed by atoms with Crippen LogP contribution in [0.5, 0.6) is 5.75 Å². The Kier molecular flexibility index (Phi) is 2.09. The number of fused-ring (bicyclic) bond motifs is 1. The lowest BCUT2D eigenvalue weighted by Crippen LogP contribution is -1.91. The van der Waals surface area contributed by atoms with Gasteiger partial charge in [-0.05, 0) is 29.8 Å². The third kappa shape index (κ3) is 1.42. The van der Waals surface area contributed by atoms with Gasteiger partial charge in [-0.25, -0.2) is 0 Å². The number of benzene rings is 1. The Labute approximate surface area is 85.0 Å². The Hall–Kier alpha value is -1.61. The molecule has 0 aliphatic rings. The normalized spacial score (nSPS) is 10.4. The van der Waals surface area contributed by atoms with Gasteiger partial charge in [0, 0.05) is 10.9 Å². The zero-order valence-corrected chi connectivity index (χ0v) is 7.82. The van der Waals surface area contributed by atoms with Crippen molar-refractivity contribution in [1.82, 2.24) is 4.98 Å². The highest BCUT2D eigenvalue weighted by Crippen LogP contribution is 2.22. The largest absolute Gasteiger partial charge is 0.506 e.